The zero-order valence-corrected chi connectivity index (χ0v) is 19.2. The first-order valence-corrected chi connectivity index (χ1v) is 12.5. The molecule has 3 aromatic rings. The Morgan fingerprint density at radius 1 is 1.09 bits per heavy atom. The van der Waals surface area contributed by atoms with Gasteiger partial charge in [0.15, 0.2) is 11.5 Å². The molecule has 1 aliphatic rings. The standard InChI is InChI=1S/C25H33N3O3S/c26-20-9-7-19-17(8-11-22(29)24(19)30)18(20)5-3-1-2-4-13-27-14-12-16-6-10-21-23(15-16)32-25(31)28-21/h6,8,10-11,15,18,20,27,29-30H,1-5,7,9,12-14,26H2,(H,28,31). The number of phenolic OH excluding ortho intramolecular Hbond substituents is 2. The fourth-order valence-electron chi connectivity index (χ4n) is 4.83. The first-order valence-electron chi connectivity index (χ1n) is 11.6. The van der Waals surface area contributed by atoms with Gasteiger partial charge in [-0.3, -0.25) is 4.79 Å². The molecule has 0 aliphatic heterocycles. The molecule has 4 rings (SSSR count). The molecule has 2 unspecified atom stereocenters. The molecule has 2 aromatic carbocycles. The van der Waals surface area contributed by atoms with Crippen molar-refractivity contribution in [2.75, 3.05) is 13.1 Å². The van der Waals surface area contributed by atoms with Crippen LogP contribution in [0, 0.1) is 0 Å². The molecule has 6 nitrogen and oxygen atoms in total. The van der Waals surface area contributed by atoms with Gasteiger partial charge in [-0.15, -0.1) is 0 Å². The third kappa shape index (κ3) is 5.34. The lowest BCUT2D eigenvalue weighted by molar-refractivity contribution is 0.380. The Labute approximate surface area is 192 Å². The lowest BCUT2D eigenvalue weighted by atomic mass is 9.76. The van der Waals surface area contributed by atoms with Crippen molar-refractivity contribution in [2.24, 2.45) is 5.73 Å². The maximum Gasteiger partial charge on any atom is 0.305 e. The minimum Gasteiger partial charge on any atom is -0.504 e. The van der Waals surface area contributed by atoms with E-state index in [0.717, 1.165) is 73.0 Å². The van der Waals surface area contributed by atoms with E-state index in [1.807, 2.05) is 12.1 Å². The first-order chi connectivity index (χ1) is 15.5. The largest absolute Gasteiger partial charge is 0.504 e. The Morgan fingerprint density at radius 3 is 2.81 bits per heavy atom. The average Bonchev–Trinajstić information content (AvgIpc) is 3.15. The van der Waals surface area contributed by atoms with E-state index in [1.54, 1.807) is 6.07 Å². The van der Waals surface area contributed by atoms with Gasteiger partial charge in [-0.05, 0) is 80.4 Å². The highest BCUT2D eigenvalue weighted by molar-refractivity contribution is 7.16. The molecule has 2 atom stereocenters. The number of hydrogen-bond donors (Lipinski definition) is 5. The average molecular weight is 456 g/mol. The van der Waals surface area contributed by atoms with E-state index in [9.17, 15) is 15.0 Å². The number of nitrogens with two attached hydrogens (primary N) is 1. The highest BCUT2D eigenvalue weighted by atomic mass is 32.1. The van der Waals surface area contributed by atoms with E-state index < -0.39 is 0 Å². The van der Waals surface area contributed by atoms with Crippen LogP contribution in [0.4, 0.5) is 0 Å². The smallest absolute Gasteiger partial charge is 0.305 e. The van der Waals surface area contributed by atoms with E-state index in [4.69, 9.17) is 5.73 Å². The molecule has 7 heteroatoms. The quantitative estimate of drug-likeness (QED) is 0.233. The summed E-state index contributed by atoms with van der Waals surface area (Å²) in [6.45, 7) is 1.95. The third-order valence-electron chi connectivity index (χ3n) is 6.64. The van der Waals surface area contributed by atoms with E-state index in [2.05, 4.69) is 22.4 Å². The minimum atomic E-state index is -0.0346. The molecular formula is C25H33N3O3S. The van der Waals surface area contributed by atoms with Crippen LogP contribution in [0.25, 0.3) is 10.2 Å². The molecule has 0 amide bonds. The lowest BCUT2D eigenvalue weighted by Gasteiger charge is -2.32. The predicted octanol–water partition coefficient (Wildman–Crippen LogP) is 4.14. The number of H-pyrrole nitrogens is 1. The molecule has 0 saturated heterocycles. The van der Waals surface area contributed by atoms with Crippen molar-refractivity contribution in [3.05, 3.63) is 56.7 Å². The summed E-state index contributed by atoms with van der Waals surface area (Å²) in [5.41, 5.74) is 10.6. The summed E-state index contributed by atoms with van der Waals surface area (Å²) in [6, 6.07) is 9.83. The summed E-state index contributed by atoms with van der Waals surface area (Å²) in [5, 5.41) is 23.5. The molecule has 0 fully saturated rings. The number of unbranched alkanes of at least 4 members (excludes halogenated alkanes) is 3. The van der Waals surface area contributed by atoms with Gasteiger partial charge in [0.2, 0.25) is 0 Å². The second kappa shape index (κ2) is 10.5. The number of aromatic hydroxyl groups is 2. The van der Waals surface area contributed by atoms with E-state index in [1.165, 1.54) is 29.7 Å². The Balaban J connectivity index is 1.12. The zero-order valence-electron chi connectivity index (χ0n) is 18.4. The maximum atomic E-state index is 11.4. The van der Waals surface area contributed by atoms with Gasteiger partial charge in [-0.25, -0.2) is 0 Å². The van der Waals surface area contributed by atoms with E-state index in [-0.39, 0.29) is 28.3 Å². The Bertz CT molecular complexity index is 1110. The molecule has 0 radical (unpaired) electrons. The normalized spacial score (nSPS) is 18.2. The fraction of sp³-hybridized carbons (Fsp3) is 0.480. The van der Waals surface area contributed by atoms with Gasteiger partial charge in [0.25, 0.3) is 0 Å². The Kier molecular flexibility index (Phi) is 7.50. The van der Waals surface area contributed by atoms with Crippen LogP contribution in [-0.4, -0.2) is 34.3 Å². The number of phenols is 2. The second-order valence-electron chi connectivity index (χ2n) is 8.86. The molecule has 1 aliphatic carbocycles. The van der Waals surface area contributed by atoms with Crippen molar-refractivity contribution in [3.8, 4) is 11.5 Å². The van der Waals surface area contributed by atoms with Crippen molar-refractivity contribution in [2.45, 2.75) is 63.3 Å². The topological polar surface area (TPSA) is 111 Å². The molecule has 6 N–H and O–H groups in total. The number of nitrogens with one attached hydrogen (secondary N) is 2. The molecular weight excluding hydrogens is 422 g/mol. The summed E-state index contributed by atoms with van der Waals surface area (Å²) in [6.07, 6.45) is 8.22. The highest BCUT2D eigenvalue weighted by Crippen LogP contribution is 2.42. The van der Waals surface area contributed by atoms with Crippen LogP contribution in [0.1, 0.15) is 61.1 Å². The number of thiazole rings is 1. The first kappa shape index (κ1) is 22.8. The molecule has 32 heavy (non-hydrogen) atoms. The number of aromatic amines is 1. The third-order valence-corrected chi connectivity index (χ3v) is 7.48. The van der Waals surface area contributed by atoms with Crippen LogP contribution in [0.5, 0.6) is 11.5 Å². The Morgan fingerprint density at radius 2 is 1.94 bits per heavy atom. The van der Waals surface area contributed by atoms with Gasteiger partial charge in [0, 0.05) is 11.6 Å². The van der Waals surface area contributed by atoms with Gasteiger partial charge in [0.05, 0.1) is 10.2 Å². The van der Waals surface area contributed by atoms with Crippen molar-refractivity contribution in [3.63, 3.8) is 0 Å². The minimum absolute atomic E-state index is 0.00222. The van der Waals surface area contributed by atoms with Crippen LogP contribution >= 0.6 is 11.3 Å². The van der Waals surface area contributed by atoms with Gasteiger partial charge in [-0.1, -0.05) is 42.7 Å². The monoisotopic (exact) mass is 455 g/mol. The number of rotatable bonds is 10. The lowest BCUT2D eigenvalue weighted by Crippen LogP contribution is -2.33. The zero-order chi connectivity index (χ0) is 22.5. The van der Waals surface area contributed by atoms with Crippen LogP contribution < -0.4 is 15.9 Å². The molecule has 0 bridgehead atoms. The Hall–Kier alpha value is -2.35. The van der Waals surface area contributed by atoms with Gasteiger partial charge in [-0.2, -0.15) is 0 Å². The SMILES string of the molecule is NC1CCc2c(ccc(O)c2O)C1CCCCCCNCCc1ccc2[nH]c(=O)sc2c1. The van der Waals surface area contributed by atoms with E-state index >= 15 is 0 Å². The predicted molar refractivity (Wildman–Crippen MR) is 131 cm³/mol. The van der Waals surface area contributed by atoms with Crippen molar-refractivity contribution < 1.29 is 10.2 Å². The molecule has 172 valence electrons. The van der Waals surface area contributed by atoms with Crippen LogP contribution in [0.15, 0.2) is 35.1 Å². The summed E-state index contributed by atoms with van der Waals surface area (Å²) < 4.78 is 1.03. The summed E-state index contributed by atoms with van der Waals surface area (Å²) in [4.78, 5) is 14.3. The number of fused-ring (bicyclic) bond motifs is 2. The molecule has 0 spiro atoms. The van der Waals surface area contributed by atoms with Crippen LogP contribution in [0.2, 0.25) is 0 Å². The number of benzene rings is 2. The van der Waals surface area contributed by atoms with Gasteiger partial charge < -0.3 is 26.2 Å². The van der Waals surface area contributed by atoms with Gasteiger partial charge >= 0.3 is 4.87 Å². The van der Waals surface area contributed by atoms with Gasteiger partial charge in [0.1, 0.15) is 0 Å². The fourth-order valence-corrected chi connectivity index (χ4v) is 5.63. The summed E-state index contributed by atoms with van der Waals surface area (Å²) >= 11 is 1.27. The molecule has 1 heterocycles. The van der Waals surface area contributed by atoms with Crippen molar-refractivity contribution in [1.82, 2.24) is 10.3 Å². The number of aromatic nitrogens is 1. The second-order valence-corrected chi connectivity index (χ2v) is 9.87. The van der Waals surface area contributed by atoms with Crippen molar-refractivity contribution in [1.29, 1.82) is 0 Å². The van der Waals surface area contributed by atoms with Crippen molar-refractivity contribution >= 4 is 21.6 Å². The van der Waals surface area contributed by atoms with Crippen LogP contribution in [0.3, 0.4) is 0 Å². The summed E-state index contributed by atoms with van der Waals surface area (Å²) in [5.74, 6) is 0.265. The number of hydrogen-bond acceptors (Lipinski definition) is 6. The maximum absolute atomic E-state index is 11.4. The highest BCUT2D eigenvalue weighted by Gasteiger charge is 2.29. The summed E-state index contributed by atoms with van der Waals surface area (Å²) in [7, 11) is 0. The van der Waals surface area contributed by atoms with Crippen LogP contribution in [-0.2, 0) is 12.8 Å². The van der Waals surface area contributed by atoms with E-state index in [0.29, 0.717) is 0 Å². The molecule has 0 saturated carbocycles. The molecule has 1 aromatic heterocycles.